The number of hydrogen-bond donors (Lipinski definition) is 2. The minimum atomic E-state index is -0.977. The van der Waals surface area contributed by atoms with E-state index in [4.69, 9.17) is 9.84 Å². The van der Waals surface area contributed by atoms with E-state index in [0.29, 0.717) is 22.5 Å². The summed E-state index contributed by atoms with van der Waals surface area (Å²) in [5, 5.41) is 18.8. The number of phenols is 1. The van der Waals surface area contributed by atoms with Crippen LogP contribution in [-0.4, -0.2) is 22.2 Å². The van der Waals surface area contributed by atoms with Gasteiger partial charge in [-0.1, -0.05) is 42.5 Å². The molecule has 0 aromatic heterocycles. The third-order valence-electron chi connectivity index (χ3n) is 3.54. The number of carboxylic acids is 1. The molecule has 0 radical (unpaired) electrons. The highest BCUT2D eigenvalue weighted by molar-refractivity contribution is 6.05. The van der Waals surface area contributed by atoms with Gasteiger partial charge in [-0.25, -0.2) is 4.79 Å². The Morgan fingerprint density at radius 1 is 1.12 bits per heavy atom. The van der Waals surface area contributed by atoms with E-state index in [9.17, 15) is 14.7 Å². The van der Waals surface area contributed by atoms with E-state index in [0.717, 1.165) is 5.56 Å². The molecule has 0 fully saturated rings. The van der Waals surface area contributed by atoms with Crippen molar-refractivity contribution in [3.8, 4) is 5.75 Å². The van der Waals surface area contributed by atoms with E-state index in [-0.39, 0.29) is 12.2 Å². The zero-order chi connectivity index (χ0) is 17.1. The van der Waals surface area contributed by atoms with Gasteiger partial charge in [0.25, 0.3) is 0 Å². The van der Waals surface area contributed by atoms with Crippen molar-refractivity contribution in [1.82, 2.24) is 0 Å². The third-order valence-corrected chi connectivity index (χ3v) is 3.54. The monoisotopic (exact) mass is 322 g/mol. The first-order chi connectivity index (χ1) is 11.5. The Hall–Kier alpha value is -3.34. The minimum Gasteiger partial charge on any atom is -0.507 e. The van der Waals surface area contributed by atoms with Crippen molar-refractivity contribution in [1.29, 1.82) is 0 Å². The number of phenolic OH excluding ortho intramolecular Hbond substituents is 1. The highest BCUT2D eigenvalue weighted by Gasteiger charge is 2.22. The molecule has 2 aromatic carbocycles. The maximum atomic E-state index is 12.0. The molecule has 0 amide bonds. The largest absolute Gasteiger partial charge is 0.507 e. The van der Waals surface area contributed by atoms with Gasteiger partial charge in [0, 0.05) is 11.1 Å². The molecule has 0 atom stereocenters. The molecular weight excluding hydrogens is 308 g/mol. The van der Waals surface area contributed by atoms with Gasteiger partial charge in [-0.3, -0.25) is 4.79 Å². The summed E-state index contributed by atoms with van der Waals surface area (Å²) in [6, 6.07) is 13.8. The van der Waals surface area contributed by atoms with E-state index >= 15 is 0 Å². The van der Waals surface area contributed by atoms with Gasteiger partial charge in [0.05, 0.1) is 12.0 Å². The van der Waals surface area contributed by atoms with Crippen LogP contribution in [0.2, 0.25) is 0 Å². The number of hydrogen-bond acceptors (Lipinski definition) is 4. The van der Waals surface area contributed by atoms with Crippen molar-refractivity contribution < 1.29 is 24.5 Å². The summed E-state index contributed by atoms with van der Waals surface area (Å²) in [6.07, 6.45) is 2.95. The molecule has 0 saturated carbocycles. The number of esters is 1. The molecule has 0 aliphatic carbocycles. The first kappa shape index (κ1) is 15.6. The lowest BCUT2D eigenvalue weighted by Crippen LogP contribution is -2.00. The van der Waals surface area contributed by atoms with Gasteiger partial charge in [-0.2, -0.15) is 0 Å². The van der Waals surface area contributed by atoms with Crippen LogP contribution in [0.5, 0.6) is 5.75 Å². The van der Waals surface area contributed by atoms with E-state index < -0.39 is 11.9 Å². The normalized spacial score (nSPS) is 15.2. The summed E-state index contributed by atoms with van der Waals surface area (Å²) < 4.78 is 5.24. The van der Waals surface area contributed by atoms with Crippen molar-refractivity contribution >= 4 is 23.8 Å². The van der Waals surface area contributed by atoms with Crippen molar-refractivity contribution in [3.05, 3.63) is 76.9 Å². The molecule has 1 aliphatic heterocycles. The standard InChI is InChI=1S/C19H14O5/c20-16-8-12(9-18(21)22)6-7-14(16)10-15-11-17(24-19(15)23)13-4-2-1-3-5-13/h1-8,10-11,20H,9H2,(H,21,22)/b15-10-. The van der Waals surface area contributed by atoms with E-state index in [1.807, 2.05) is 30.3 Å². The molecule has 5 nitrogen and oxygen atoms in total. The van der Waals surface area contributed by atoms with Crippen LogP contribution in [-0.2, 0) is 20.7 Å². The minimum absolute atomic E-state index is 0.0874. The van der Waals surface area contributed by atoms with Crippen LogP contribution in [0, 0.1) is 0 Å². The van der Waals surface area contributed by atoms with Gasteiger partial charge < -0.3 is 14.9 Å². The predicted octanol–water partition coefficient (Wildman–Crippen LogP) is 3.00. The Morgan fingerprint density at radius 3 is 2.54 bits per heavy atom. The molecule has 5 heteroatoms. The SMILES string of the molecule is O=C(O)Cc1ccc(/C=C2/C=C(c3ccccc3)OC2=O)c(O)c1. The number of carbonyl (C=O) groups is 2. The molecule has 3 rings (SSSR count). The second-order valence-corrected chi connectivity index (χ2v) is 5.33. The number of benzene rings is 2. The highest BCUT2D eigenvalue weighted by Crippen LogP contribution is 2.29. The van der Waals surface area contributed by atoms with Crippen LogP contribution in [0.25, 0.3) is 11.8 Å². The van der Waals surface area contributed by atoms with Crippen LogP contribution < -0.4 is 0 Å². The smallest absolute Gasteiger partial charge is 0.343 e. The zero-order valence-electron chi connectivity index (χ0n) is 12.6. The molecule has 0 unspecified atom stereocenters. The molecule has 2 N–H and O–H groups in total. The maximum Gasteiger partial charge on any atom is 0.343 e. The zero-order valence-corrected chi connectivity index (χ0v) is 12.6. The summed E-state index contributed by atoms with van der Waals surface area (Å²) in [4.78, 5) is 22.7. The number of carbonyl (C=O) groups excluding carboxylic acids is 1. The number of carboxylic acid groups (broad SMARTS) is 1. The van der Waals surface area contributed by atoms with E-state index in [1.54, 1.807) is 18.2 Å². The Labute approximate surface area is 138 Å². The van der Waals surface area contributed by atoms with E-state index in [1.165, 1.54) is 12.1 Å². The number of cyclic esters (lactones) is 1. The molecule has 0 saturated heterocycles. The third kappa shape index (κ3) is 3.35. The van der Waals surface area contributed by atoms with Gasteiger partial charge in [0.1, 0.15) is 11.5 Å². The summed E-state index contributed by atoms with van der Waals surface area (Å²) >= 11 is 0. The van der Waals surface area contributed by atoms with Crippen molar-refractivity contribution in [2.45, 2.75) is 6.42 Å². The Morgan fingerprint density at radius 2 is 1.88 bits per heavy atom. The second-order valence-electron chi connectivity index (χ2n) is 5.33. The van der Waals surface area contributed by atoms with E-state index in [2.05, 4.69) is 0 Å². The Balaban J connectivity index is 1.89. The van der Waals surface area contributed by atoms with Gasteiger partial charge in [0.2, 0.25) is 0 Å². The summed E-state index contributed by atoms with van der Waals surface area (Å²) in [5.41, 5.74) is 2.00. The number of aromatic hydroxyl groups is 1. The van der Waals surface area contributed by atoms with Gasteiger partial charge in [0.15, 0.2) is 0 Å². The van der Waals surface area contributed by atoms with Crippen LogP contribution >= 0.6 is 0 Å². The van der Waals surface area contributed by atoms with Gasteiger partial charge >= 0.3 is 11.9 Å². The average Bonchev–Trinajstić information content (AvgIpc) is 2.91. The summed E-state index contributed by atoms with van der Waals surface area (Å²) in [5.74, 6) is -1.11. The highest BCUT2D eigenvalue weighted by atomic mass is 16.5. The second kappa shape index (κ2) is 6.42. The molecular formula is C19H14O5. The topological polar surface area (TPSA) is 83.8 Å². The average molecular weight is 322 g/mol. The molecule has 24 heavy (non-hydrogen) atoms. The summed E-state index contributed by atoms with van der Waals surface area (Å²) in [7, 11) is 0. The fourth-order valence-electron chi connectivity index (χ4n) is 2.40. The number of aliphatic carboxylic acids is 1. The first-order valence-electron chi connectivity index (χ1n) is 7.27. The lowest BCUT2D eigenvalue weighted by atomic mass is 10.0. The quantitative estimate of drug-likeness (QED) is 0.668. The summed E-state index contributed by atoms with van der Waals surface area (Å²) in [6.45, 7) is 0. The van der Waals surface area contributed by atoms with Crippen LogP contribution in [0.3, 0.4) is 0 Å². The maximum absolute atomic E-state index is 12.0. The number of rotatable bonds is 4. The molecule has 0 spiro atoms. The fourth-order valence-corrected chi connectivity index (χ4v) is 2.40. The van der Waals surface area contributed by atoms with Crippen molar-refractivity contribution in [2.75, 3.05) is 0 Å². The fraction of sp³-hybridized carbons (Fsp3) is 0.0526. The number of ether oxygens (including phenoxy) is 1. The predicted molar refractivity (Wildman–Crippen MR) is 87.9 cm³/mol. The first-order valence-corrected chi connectivity index (χ1v) is 7.27. The van der Waals surface area contributed by atoms with Gasteiger partial charge in [-0.15, -0.1) is 0 Å². The van der Waals surface area contributed by atoms with Crippen LogP contribution in [0.15, 0.2) is 60.2 Å². The Bertz CT molecular complexity index is 863. The van der Waals surface area contributed by atoms with Crippen LogP contribution in [0.4, 0.5) is 0 Å². The Kier molecular flexibility index (Phi) is 4.16. The van der Waals surface area contributed by atoms with Crippen molar-refractivity contribution in [2.24, 2.45) is 0 Å². The van der Waals surface area contributed by atoms with Gasteiger partial charge in [-0.05, 0) is 23.8 Å². The van der Waals surface area contributed by atoms with Crippen molar-refractivity contribution in [3.63, 3.8) is 0 Å². The lowest BCUT2D eigenvalue weighted by molar-refractivity contribution is -0.136. The lowest BCUT2D eigenvalue weighted by Gasteiger charge is -2.03. The van der Waals surface area contributed by atoms with Crippen LogP contribution in [0.1, 0.15) is 16.7 Å². The molecule has 120 valence electrons. The molecule has 1 aliphatic rings. The molecule has 1 heterocycles. The molecule has 2 aromatic rings. The molecule has 0 bridgehead atoms.